The van der Waals surface area contributed by atoms with E-state index in [0.29, 0.717) is 22.4 Å². The molecule has 35 heavy (non-hydrogen) atoms. The van der Waals surface area contributed by atoms with Crippen LogP contribution in [0.15, 0.2) is 69.9 Å². The van der Waals surface area contributed by atoms with E-state index in [2.05, 4.69) is 10.4 Å². The number of furan rings is 1. The first-order chi connectivity index (χ1) is 16.7. The summed E-state index contributed by atoms with van der Waals surface area (Å²) >= 11 is 0. The number of rotatable bonds is 6. The Morgan fingerprint density at radius 3 is 2.03 bits per heavy atom. The maximum absolute atomic E-state index is 13.6. The molecule has 0 atom stereocenters. The number of aromatic nitrogens is 2. The van der Waals surface area contributed by atoms with Gasteiger partial charge in [-0.05, 0) is 19.4 Å². The van der Waals surface area contributed by atoms with Crippen LogP contribution in [0.25, 0.3) is 22.4 Å². The fourth-order valence-corrected chi connectivity index (χ4v) is 3.98. The summed E-state index contributed by atoms with van der Waals surface area (Å²) in [4.78, 5) is 51.0. The predicted octanol–water partition coefficient (Wildman–Crippen LogP) is 3.57. The molecule has 4 aromatic rings. The number of carbonyl (C=O) groups is 3. The third kappa shape index (κ3) is 4.26. The number of primary amides is 1. The molecule has 0 saturated carbocycles. The highest BCUT2D eigenvalue weighted by atomic mass is 16.4. The molecule has 0 aliphatic carbocycles. The number of amides is 2. The van der Waals surface area contributed by atoms with Gasteiger partial charge in [-0.25, -0.2) is 4.68 Å². The summed E-state index contributed by atoms with van der Waals surface area (Å²) in [6.07, 6.45) is 0. The molecule has 0 unspecified atom stereocenters. The van der Waals surface area contributed by atoms with E-state index in [1.54, 1.807) is 24.3 Å². The topological polar surface area (TPSA) is 137 Å². The van der Waals surface area contributed by atoms with Crippen molar-refractivity contribution < 1.29 is 18.8 Å². The molecular formula is C26H22N4O5. The van der Waals surface area contributed by atoms with Crippen molar-refractivity contribution in [2.45, 2.75) is 13.8 Å². The van der Waals surface area contributed by atoms with Crippen molar-refractivity contribution >= 4 is 23.5 Å². The SMILES string of the molecule is CC(=O)c1c(C)oc(NC(=O)c2c(-c3ccccc3)c(-c3ccccc3)nn(C)c2=O)c1C(N)=O. The van der Waals surface area contributed by atoms with E-state index in [1.165, 1.54) is 20.9 Å². The molecule has 0 aliphatic rings. The van der Waals surface area contributed by atoms with Gasteiger partial charge in [0.2, 0.25) is 5.88 Å². The summed E-state index contributed by atoms with van der Waals surface area (Å²) in [6, 6.07) is 18.0. The van der Waals surface area contributed by atoms with Crippen molar-refractivity contribution in [1.82, 2.24) is 9.78 Å². The zero-order chi connectivity index (χ0) is 25.3. The van der Waals surface area contributed by atoms with Crippen LogP contribution in [0.5, 0.6) is 0 Å². The maximum atomic E-state index is 13.6. The Balaban J connectivity index is 1.96. The molecule has 0 spiro atoms. The van der Waals surface area contributed by atoms with Gasteiger partial charge in [0.15, 0.2) is 5.78 Å². The second kappa shape index (κ2) is 9.22. The molecule has 2 aromatic heterocycles. The number of nitrogens with zero attached hydrogens (tertiary/aromatic N) is 2. The lowest BCUT2D eigenvalue weighted by Gasteiger charge is -2.15. The monoisotopic (exact) mass is 470 g/mol. The number of Topliss-reactive ketones (excluding diaryl/α,β-unsaturated/α-hetero) is 1. The van der Waals surface area contributed by atoms with Crippen LogP contribution in [0.1, 0.15) is 43.8 Å². The summed E-state index contributed by atoms with van der Waals surface area (Å²) in [5.41, 5.74) is 6.36. The van der Waals surface area contributed by atoms with E-state index in [9.17, 15) is 19.2 Å². The zero-order valence-corrected chi connectivity index (χ0v) is 19.3. The van der Waals surface area contributed by atoms with Gasteiger partial charge in [-0.15, -0.1) is 0 Å². The average Bonchev–Trinajstić information content (AvgIpc) is 3.17. The molecule has 3 N–H and O–H groups in total. The standard InChI is InChI=1S/C26H22N4O5/c1-14(31)18-15(2)35-25(20(18)23(27)32)28-24(33)21-19(16-10-6-4-7-11-16)22(29-30(3)26(21)34)17-12-8-5-9-13-17/h4-13H,1-3H3,(H2,27,32)(H,28,33). The zero-order valence-electron chi connectivity index (χ0n) is 19.3. The van der Waals surface area contributed by atoms with Crippen LogP contribution < -0.4 is 16.6 Å². The highest BCUT2D eigenvalue weighted by Crippen LogP contribution is 2.33. The summed E-state index contributed by atoms with van der Waals surface area (Å²) < 4.78 is 6.59. The van der Waals surface area contributed by atoms with Crippen molar-refractivity contribution in [2.24, 2.45) is 12.8 Å². The molecule has 2 heterocycles. The number of hydrogen-bond donors (Lipinski definition) is 2. The largest absolute Gasteiger partial charge is 0.444 e. The maximum Gasteiger partial charge on any atom is 0.280 e. The minimum Gasteiger partial charge on any atom is -0.444 e. The van der Waals surface area contributed by atoms with Gasteiger partial charge < -0.3 is 10.2 Å². The highest BCUT2D eigenvalue weighted by molar-refractivity contribution is 6.15. The number of aryl methyl sites for hydroxylation is 2. The van der Waals surface area contributed by atoms with Crippen LogP contribution in [0.4, 0.5) is 5.88 Å². The molecule has 9 nitrogen and oxygen atoms in total. The Morgan fingerprint density at radius 1 is 0.914 bits per heavy atom. The molecule has 2 aromatic carbocycles. The lowest BCUT2D eigenvalue weighted by Crippen LogP contribution is -2.31. The number of carbonyl (C=O) groups excluding carboxylic acids is 3. The van der Waals surface area contributed by atoms with Gasteiger partial charge in [0.25, 0.3) is 17.4 Å². The Kier molecular flexibility index (Phi) is 6.16. The van der Waals surface area contributed by atoms with Crippen molar-refractivity contribution in [3.05, 3.63) is 93.5 Å². The summed E-state index contributed by atoms with van der Waals surface area (Å²) in [7, 11) is 1.44. The van der Waals surface area contributed by atoms with Crippen molar-refractivity contribution in [3.63, 3.8) is 0 Å². The second-order valence-corrected chi connectivity index (χ2v) is 7.87. The van der Waals surface area contributed by atoms with Gasteiger partial charge in [0.05, 0.1) is 11.3 Å². The summed E-state index contributed by atoms with van der Waals surface area (Å²) in [6.45, 7) is 2.74. The van der Waals surface area contributed by atoms with Crippen LogP contribution >= 0.6 is 0 Å². The first kappa shape index (κ1) is 23.4. The number of hydrogen-bond acceptors (Lipinski definition) is 6. The van der Waals surface area contributed by atoms with E-state index in [0.717, 1.165) is 4.68 Å². The van der Waals surface area contributed by atoms with E-state index in [1.807, 2.05) is 36.4 Å². The highest BCUT2D eigenvalue weighted by Gasteiger charge is 2.29. The Morgan fingerprint density at radius 2 is 1.49 bits per heavy atom. The molecule has 0 fully saturated rings. The Labute approximate surface area is 200 Å². The number of nitrogens with two attached hydrogens (primary N) is 1. The van der Waals surface area contributed by atoms with Gasteiger partial charge >= 0.3 is 0 Å². The number of anilines is 1. The smallest absolute Gasteiger partial charge is 0.280 e. The molecule has 0 aliphatic heterocycles. The van der Waals surface area contributed by atoms with Crippen LogP contribution in [-0.4, -0.2) is 27.4 Å². The molecule has 0 saturated heterocycles. The molecule has 2 amide bonds. The van der Waals surface area contributed by atoms with Crippen molar-refractivity contribution in [3.8, 4) is 22.4 Å². The van der Waals surface area contributed by atoms with Crippen LogP contribution in [0, 0.1) is 6.92 Å². The van der Waals surface area contributed by atoms with Crippen molar-refractivity contribution in [2.75, 3.05) is 5.32 Å². The molecule has 4 rings (SSSR count). The molecule has 176 valence electrons. The van der Waals surface area contributed by atoms with E-state index < -0.39 is 23.2 Å². The van der Waals surface area contributed by atoms with Gasteiger partial charge in [-0.1, -0.05) is 60.7 Å². The van der Waals surface area contributed by atoms with E-state index in [4.69, 9.17) is 10.2 Å². The number of nitrogens with one attached hydrogen (secondary N) is 1. The van der Waals surface area contributed by atoms with Gasteiger partial charge in [0, 0.05) is 18.2 Å². The van der Waals surface area contributed by atoms with E-state index in [-0.39, 0.29) is 28.3 Å². The third-order valence-corrected chi connectivity index (χ3v) is 5.49. The van der Waals surface area contributed by atoms with E-state index >= 15 is 0 Å². The van der Waals surface area contributed by atoms with Crippen LogP contribution in [0.3, 0.4) is 0 Å². The Hall–Kier alpha value is -4.79. The average molecular weight is 470 g/mol. The van der Waals surface area contributed by atoms with Gasteiger partial charge in [-0.2, -0.15) is 5.10 Å². The van der Waals surface area contributed by atoms with Crippen molar-refractivity contribution in [1.29, 1.82) is 0 Å². The summed E-state index contributed by atoms with van der Waals surface area (Å²) in [5.74, 6) is -2.41. The lowest BCUT2D eigenvalue weighted by molar-refractivity contribution is 0.0974. The van der Waals surface area contributed by atoms with Crippen LogP contribution in [0.2, 0.25) is 0 Å². The second-order valence-electron chi connectivity index (χ2n) is 7.87. The first-order valence-electron chi connectivity index (χ1n) is 10.7. The Bertz CT molecular complexity index is 1520. The van der Waals surface area contributed by atoms with Gasteiger partial charge in [0.1, 0.15) is 16.9 Å². The summed E-state index contributed by atoms with van der Waals surface area (Å²) in [5, 5.41) is 6.92. The molecule has 9 heteroatoms. The fraction of sp³-hybridized carbons (Fsp3) is 0.115. The fourth-order valence-electron chi connectivity index (χ4n) is 3.98. The molecule has 0 radical (unpaired) electrons. The molecule has 0 bridgehead atoms. The van der Waals surface area contributed by atoms with Gasteiger partial charge in [-0.3, -0.25) is 24.5 Å². The predicted molar refractivity (Wildman–Crippen MR) is 130 cm³/mol. The number of benzene rings is 2. The normalized spacial score (nSPS) is 10.7. The minimum absolute atomic E-state index is 0.0244. The lowest BCUT2D eigenvalue weighted by atomic mass is 9.95. The number of ketones is 1. The first-order valence-corrected chi connectivity index (χ1v) is 10.7. The molecular weight excluding hydrogens is 448 g/mol. The quantitative estimate of drug-likeness (QED) is 0.413. The van der Waals surface area contributed by atoms with Crippen LogP contribution in [-0.2, 0) is 7.05 Å². The minimum atomic E-state index is -0.946. The third-order valence-electron chi connectivity index (χ3n) is 5.49.